The average Bonchev–Trinajstić information content (AvgIpc) is 3.29. The predicted octanol–water partition coefficient (Wildman–Crippen LogP) is 4.16. The van der Waals surface area contributed by atoms with Gasteiger partial charge in [0, 0.05) is 23.2 Å². The van der Waals surface area contributed by atoms with Crippen molar-refractivity contribution in [1.29, 1.82) is 0 Å². The highest BCUT2D eigenvalue weighted by molar-refractivity contribution is 7.13. The number of amides is 1. The van der Waals surface area contributed by atoms with E-state index in [2.05, 4.69) is 36.2 Å². The normalized spacial score (nSPS) is 12.3. The lowest BCUT2D eigenvalue weighted by atomic mass is 10.0. The first kappa shape index (κ1) is 17.4. The summed E-state index contributed by atoms with van der Waals surface area (Å²) in [5.41, 5.74) is 2.36. The maximum Gasteiger partial charge on any atom is 0.271 e. The van der Waals surface area contributed by atoms with E-state index in [9.17, 15) is 4.79 Å². The zero-order chi connectivity index (χ0) is 17.8. The van der Waals surface area contributed by atoms with Gasteiger partial charge in [-0.1, -0.05) is 39.0 Å². The molecule has 0 aliphatic heterocycles. The van der Waals surface area contributed by atoms with Crippen LogP contribution in [-0.4, -0.2) is 26.7 Å². The summed E-state index contributed by atoms with van der Waals surface area (Å²) in [6.45, 7) is 6.30. The SMILES string of the molecule is CCC(NC(=O)c1csc(-c2cnn(-c3ccccc3)c2)n1)C(C)C. The second-order valence-corrected chi connectivity index (χ2v) is 7.14. The molecule has 130 valence electrons. The summed E-state index contributed by atoms with van der Waals surface area (Å²) < 4.78 is 1.81. The Bertz CT molecular complexity index is 838. The van der Waals surface area contributed by atoms with E-state index in [1.165, 1.54) is 11.3 Å². The Hall–Kier alpha value is -2.47. The third-order valence-corrected chi connectivity index (χ3v) is 5.04. The molecule has 0 aliphatic rings. The molecule has 25 heavy (non-hydrogen) atoms. The molecular formula is C19H22N4OS. The van der Waals surface area contributed by atoms with Crippen molar-refractivity contribution in [1.82, 2.24) is 20.1 Å². The van der Waals surface area contributed by atoms with Gasteiger partial charge in [0.25, 0.3) is 5.91 Å². The van der Waals surface area contributed by atoms with Crippen molar-refractivity contribution in [3.63, 3.8) is 0 Å². The highest BCUT2D eigenvalue weighted by Gasteiger charge is 2.18. The highest BCUT2D eigenvalue weighted by atomic mass is 32.1. The summed E-state index contributed by atoms with van der Waals surface area (Å²) in [6.07, 6.45) is 4.61. The topological polar surface area (TPSA) is 59.8 Å². The van der Waals surface area contributed by atoms with Crippen LogP contribution in [0.25, 0.3) is 16.3 Å². The van der Waals surface area contributed by atoms with E-state index >= 15 is 0 Å². The van der Waals surface area contributed by atoms with E-state index in [4.69, 9.17) is 0 Å². The summed E-state index contributed by atoms with van der Waals surface area (Å²) in [5.74, 6) is 0.287. The third-order valence-electron chi connectivity index (χ3n) is 4.15. The number of hydrogen-bond acceptors (Lipinski definition) is 4. The number of hydrogen-bond donors (Lipinski definition) is 1. The van der Waals surface area contributed by atoms with Crippen molar-refractivity contribution in [2.45, 2.75) is 33.2 Å². The lowest BCUT2D eigenvalue weighted by Gasteiger charge is -2.19. The molecule has 0 aliphatic carbocycles. The summed E-state index contributed by atoms with van der Waals surface area (Å²) in [5, 5.41) is 10.0. The molecule has 1 N–H and O–H groups in total. The van der Waals surface area contributed by atoms with E-state index < -0.39 is 0 Å². The van der Waals surface area contributed by atoms with Gasteiger partial charge in [-0.2, -0.15) is 5.10 Å². The average molecular weight is 354 g/mol. The third kappa shape index (κ3) is 3.96. The number of benzene rings is 1. The second-order valence-electron chi connectivity index (χ2n) is 6.28. The minimum absolute atomic E-state index is 0.112. The zero-order valence-electron chi connectivity index (χ0n) is 14.6. The number of aromatic nitrogens is 3. The maximum absolute atomic E-state index is 12.4. The van der Waals surface area contributed by atoms with Gasteiger partial charge in [-0.05, 0) is 24.5 Å². The van der Waals surface area contributed by atoms with Crippen molar-refractivity contribution in [2.75, 3.05) is 0 Å². The number of thiazole rings is 1. The smallest absolute Gasteiger partial charge is 0.271 e. The molecule has 0 radical (unpaired) electrons. The van der Waals surface area contributed by atoms with E-state index in [1.807, 2.05) is 41.2 Å². The van der Waals surface area contributed by atoms with Gasteiger partial charge in [0.2, 0.25) is 0 Å². The van der Waals surface area contributed by atoms with Gasteiger partial charge in [0.15, 0.2) is 0 Å². The monoisotopic (exact) mass is 354 g/mol. The van der Waals surface area contributed by atoms with Crippen LogP contribution in [0.4, 0.5) is 0 Å². The number of nitrogens with zero attached hydrogens (tertiary/aromatic N) is 3. The van der Waals surface area contributed by atoms with E-state index in [1.54, 1.807) is 11.6 Å². The van der Waals surface area contributed by atoms with Crippen molar-refractivity contribution in [2.24, 2.45) is 5.92 Å². The molecule has 5 nitrogen and oxygen atoms in total. The molecule has 1 aromatic carbocycles. The molecule has 6 heteroatoms. The summed E-state index contributed by atoms with van der Waals surface area (Å²) >= 11 is 1.46. The predicted molar refractivity (Wildman–Crippen MR) is 101 cm³/mol. The molecule has 2 aromatic heterocycles. The number of rotatable bonds is 6. The lowest BCUT2D eigenvalue weighted by molar-refractivity contribution is 0.0920. The number of nitrogens with one attached hydrogen (secondary N) is 1. The van der Waals surface area contributed by atoms with Gasteiger partial charge < -0.3 is 5.32 Å². The van der Waals surface area contributed by atoms with Crippen LogP contribution >= 0.6 is 11.3 Å². The number of carbonyl (C=O) groups is 1. The highest BCUT2D eigenvalue weighted by Crippen LogP contribution is 2.24. The van der Waals surface area contributed by atoms with Crippen LogP contribution in [-0.2, 0) is 0 Å². The quantitative estimate of drug-likeness (QED) is 0.723. The van der Waals surface area contributed by atoms with Crippen LogP contribution in [0.15, 0.2) is 48.1 Å². The van der Waals surface area contributed by atoms with Crippen LogP contribution in [0, 0.1) is 5.92 Å². The van der Waals surface area contributed by atoms with Crippen LogP contribution in [0.1, 0.15) is 37.7 Å². The Morgan fingerprint density at radius 1 is 1.28 bits per heavy atom. The first-order valence-corrected chi connectivity index (χ1v) is 9.33. The Morgan fingerprint density at radius 3 is 2.72 bits per heavy atom. The molecule has 0 saturated carbocycles. The van der Waals surface area contributed by atoms with E-state index in [-0.39, 0.29) is 11.9 Å². The van der Waals surface area contributed by atoms with Gasteiger partial charge in [0.05, 0.1) is 11.9 Å². The van der Waals surface area contributed by atoms with Gasteiger partial charge in [-0.3, -0.25) is 4.79 Å². The van der Waals surface area contributed by atoms with Gasteiger partial charge in [-0.25, -0.2) is 9.67 Å². The molecule has 1 unspecified atom stereocenters. The Balaban J connectivity index is 1.76. The lowest BCUT2D eigenvalue weighted by Crippen LogP contribution is -2.38. The van der Waals surface area contributed by atoms with Crippen molar-refractivity contribution in [3.8, 4) is 16.3 Å². The molecule has 0 spiro atoms. The van der Waals surface area contributed by atoms with Crippen molar-refractivity contribution in [3.05, 3.63) is 53.8 Å². The molecule has 0 fully saturated rings. The fraction of sp³-hybridized carbons (Fsp3) is 0.316. The fourth-order valence-corrected chi connectivity index (χ4v) is 3.42. The molecule has 0 saturated heterocycles. The van der Waals surface area contributed by atoms with Crippen molar-refractivity contribution < 1.29 is 4.79 Å². The standard InChI is InChI=1S/C19H22N4OS/c1-4-16(13(2)3)21-18(24)17-12-25-19(22-17)14-10-20-23(11-14)15-8-6-5-7-9-15/h5-13,16H,4H2,1-3H3,(H,21,24). The van der Waals surface area contributed by atoms with Gasteiger partial charge in [-0.15, -0.1) is 11.3 Å². The molecule has 0 bridgehead atoms. The summed E-state index contributed by atoms with van der Waals surface area (Å²) in [7, 11) is 0. The Labute approximate surface area is 151 Å². The van der Waals surface area contributed by atoms with Crippen LogP contribution in [0.3, 0.4) is 0 Å². The Kier molecular flexibility index (Phi) is 5.28. The molecule has 3 aromatic rings. The van der Waals surface area contributed by atoms with Crippen LogP contribution in [0.5, 0.6) is 0 Å². The van der Waals surface area contributed by atoms with Crippen molar-refractivity contribution >= 4 is 17.2 Å². The molecule has 1 amide bonds. The zero-order valence-corrected chi connectivity index (χ0v) is 15.5. The number of para-hydroxylation sites is 1. The van der Waals surface area contributed by atoms with E-state index in [0.717, 1.165) is 22.7 Å². The van der Waals surface area contributed by atoms with Gasteiger partial charge >= 0.3 is 0 Å². The minimum Gasteiger partial charge on any atom is -0.348 e. The minimum atomic E-state index is -0.112. The summed E-state index contributed by atoms with van der Waals surface area (Å²) in [6, 6.07) is 10.1. The first-order valence-electron chi connectivity index (χ1n) is 8.45. The largest absolute Gasteiger partial charge is 0.348 e. The molecule has 2 heterocycles. The molecular weight excluding hydrogens is 332 g/mol. The summed E-state index contributed by atoms with van der Waals surface area (Å²) in [4.78, 5) is 16.9. The van der Waals surface area contributed by atoms with E-state index in [0.29, 0.717) is 11.6 Å². The molecule has 3 rings (SSSR count). The van der Waals surface area contributed by atoms with Gasteiger partial charge in [0.1, 0.15) is 10.7 Å². The number of carbonyl (C=O) groups excluding carboxylic acids is 1. The fourth-order valence-electron chi connectivity index (χ4n) is 2.65. The molecule has 1 atom stereocenters. The second kappa shape index (κ2) is 7.61. The van der Waals surface area contributed by atoms with Crippen LogP contribution < -0.4 is 5.32 Å². The first-order chi connectivity index (χ1) is 12.1. The van der Waals surface area contributed by atoms with Crippen LogP contribution in [0.2, 0.25) is 0 Å². The maximum atomic E-state index is 12.4. The Morgan fingerprint density at radius 2 is 2.04 bits per heavy atom.